The summed E-state index contributed by atoms with van der Waals surface area (Å²) >= 11 is 5.82. The quantitative estimate of drug-likeness (QED) is 0.739. The van der Waals surface area contributed by atoms with Gasteiger partial charge in [0.2, 0.25) is 0 Å². The normalized spacial score (nSPS) is 10.4. The lowest BCUT2D eigenvalue weighted by Gasteiger charge is -2.03. The van der Waals surface area contributed by atoms with Crippen molar-refractivity contribution in [3.05, 3.63) is 16.9 Å². The molecule has 72 valence electrons. The summed E-state index contributed by atoms with van der Waals surface area (Å²) in [5.74, 6) is -0.0353. The molecule has 0 spiro atoms. The van der Waals surface area contributed by atoms with Crippen molar-refractivity contribution >= 4 is 17.4 Å². The highest BCUT2D eigenvalue weighted by Gasteiger charge is 2.15. The van der Waals surface area contributed by atoms with Crippen molar-refractivity contribution in [3.8, 4) is 0 Å². The second kappa shape index (κ2) is 4.39. The fourth-order valence-corrected chi connectivity index (χ4v) is 1.37. The molecular formula is C8H12ClN3O. The van der Waals surface area contributed by atoms with E-state index in [-0.39, 0.29) is 12.3 Å². The van der Waals surface area contributed by atoms with Crippen molar-refractivity contribution < 1.29 is 4.79 Å². The van der Waals surface area contributed by atoms with Gasteiger partial charge < -0.3 is 5.32 Å². The first-order valence-corrected chi connectivity index (χ1v) is 4.47. The summed E-state index contributed by atoms with van der Waals surface area (Å²) < 4.78 is 1.60. The van der Waals surface area contributed by atoms with Crippen LogP contribution in [-0.4, -0.2) is 29.2 Å². The smallest absolute Gasteiger partial charge is 0.196 e. The van der Waals surface area contributed by atoms with Crippen LogP contribution < -0.4 is 5.32 Å². The van der Waals surface area contributed by atoms with E-state index in [1.807, 2.05) is 6.92 Å². The number of nitrogens with zero attached hydrogens (tertiary/aromatic N) is 2. The number of rotatable bonds is 4. The Labute approximate surface area is 81.9 Å². The van der Waals surface area contributed by atoms with Crippen LogP contribution >= 0.6 is 11.6 Å². The molecule has 0 bridgehead atoms. The number of hydrogen-bond acceptors (Lipinski definition) is 3. The van der Waals surface area contributed by atoms with Crippen LogP contribution in [0.5, 0.6) is 0 Å². The Morgan fingerprint density at radius 3 is 3.00 bits per heavy atom. The molecule has 0 radical (unpaired) electrons. The fraction of sp³-hybridized carbons (Fsp3) is 0.500. The SMILES string of the molecule is CCn1ncc(Cl)c1C(=O)CNC. The molecule has 1 rings (SSSR count). The zero-order chi connectivity index (χ0) is 9.84. The van der Waals surface area contributed by atoms with Crippen molar-refractivity contribution in [3.63, 3.8) is 0 Å². The van der Waals surface area contributed by atoms with Crippen LogP contribution in [0.3, 0.4) is 0 Å². The van der Waals surface area contributed by atoms with E-state index < -0.39 is 0 Å². The van der Waals surface area contributed by atoms with Gasteiger partial charge in [-0.1, -0.05) is 11.6 Å². The zero-order valence-corrected chi connectivity index (χ0v) is 8.43. The van der Waals surface area contributed by atoms with E-state index in [1.165, 1.54) is 6.20 Å². The maximum atomic E-state index is 11.5. The first kappa shape index (κ1) is 10.2. The summed E-state index contributed by atoms with van der Waals surface area (Å²) in [4.78, 5) is 11.5. The Kier molecular flexibility index (Phi) is 3.45. The average Bonchev–Trinajstić information content (AvgIpc) is 2.47. The second-order valence-electron chi connectivity index (χ2n) is 2.61. The number of ketones is 1. The topological polar surface area (TPSA) is 46.9 Å². The highest BCUT2D eigenvalue weighted by molar-refractivity contribution is 6.33. The number of carbonyl (C=O) groups is 1. The third-order valence-electron chi connectivity index (χ3n) is 1.70. The Hall–Kier alpha value is -0.870. The van der Waals surface area contributed by atoms with Crippen molar-refractivity contribution in [1.82, 2.24) is 15.1 Å². The van der Waals surface area contributed by atoms with Gasteiger partial charge in [0.05, 0.1) is 17.8 Å². The predicted molar refractivity (Wildman–Crippen MR) is 51.2 cm³/mol. The molecule has 0 aliphatic rings. The minimum Gasteiger partial charge on any atom is -0.313 e. The Morgan fingerprint density at radius 1 is 1.77 bits per heavy atom. The molecule has 13 heavy (non-hydrogen) atoms. The minimum absolute atomic E-state index is 0.0353. The molecule has 0 fully saturated rings. The molecule has 0 aromatic carbocycles. The molecule has 1 heterocycles. The number of likely N-dealkylation sites (N-methyl/N-ethyl adjacent to an activating group) is 1. The van der Waals surface area contributed by atoms with E-state index in [2.05, 4.69) is 10.4 Å². The molecule has 0 saturated carbocycles. The fourth-order valence-electron chi connectivity index (χ4n) is 1.12. The summed E-state index contributed by atoms with van der Waals surface area (Å²) in [7, 11) is 1.72. The van der Waals surface area contributed by atoms with Crippen molar-refractivity contribution in [2.75, 3.05) is 13.6 Å². The number of Topliss-reactive ketones (excluding diaryl/α,β-unsaturated/α-hetero) is 1. The molecule has 4 nitrogen and oxygen atoms in total. The van der Waals surface area contributed by atoms with E-state index in [0.717, 1.165) is 0 Å². The summed E-state index contributed by atoms with van der Waals surface area (Å²) in [6, 6.07) is 0. The first-order chi connectivity index (χ1) is 6.20. The summed E-state index contributed by atoms with van der Waals surface area (Å²) in [5.41, 5.74) is 0.485. The van der Waals surface area contributed by atoms with Gasteiger partial charge in [-0.25, -0.2) is 0 Å². The van der Waals surface area contributed by atoms with Gasteiger partial charge in [-0.15, -0.1) is 0 Å². The Morgan fingerprint density at radius 2 is 2.46 bits per heavy atom. The third-order valence-corrected chi connectivity index (χ3v) is 1.97. The molecule has 0 amide bonds. The van der Waals surface area contributed by atoms with Crippen LogP contribution in [0.15, 0.2) is 6.20 Å². The van der Waals surface area contributed by atoms with Gasteiger partial charge in [0, 0.05) is 6.54 Å². The summed E-state index contributed by atoms with van der Waals surface area (Å²) in [5, 5.41) is 7.18. The molecule has 0 aliphatic carbocycles. The number of carbonyl (C=O) groups excluding carboxylic acids is 1. The lowest BCUT2D eigenvalue weighted by Crippen LogP contribution is -2.21. The number of nitrogens with one attached hydrogen (secondary N) is 1. The lowest BCUT2D eigenvalue weighted by atomic mass is 10.3. The average molecular weight is 202 g/mol. The molecular weight excluding hydrogens is 190 g/mol. The van der Waals surface area contributed by atoms with Crippen LogP contribution in [0.2, 0.25) is 5.02 Å². The van der Waals surface area contributed by atoms with E-state index >= 15 is 0 Å². The van der Waals surface area contributed by atoms with Crippen LogP contribution in [0.4, 0.5) is 0 Å². The predicted octanol–water partition coefficient (Wildman–Crippen LogP) is 0.958. The third kappa shape index (κ3) is 2.08. The van der Waals surface area contributed by atoms with E-state index in [4.69, 9.17) is 11.6 Å². The number of hydrogen-bond donors (Lipinski definition) is 1. The monoisotopic (exact) mass is 201 g/mol. The molecule has 0 unspecified atom stereocenters. The van der Waals surface area contributed by atoms with Crippen LogP contribution in [-0.2, 0) is 6.54 Å². The van der Waals surface area contributed by atoms with Gasteiger partial charge in [-0.2, -0.15) is 5.10 Å². The highest BCUT2D eigenvalue weighted by Crippen LogP contribution is 2.15. The number of aryl methyl sites for hydroxylation is 1. The minimum atomic E-state index is -0.0353. The van der Waals surface area contributed by atoms with E-state index in [0.29, 0.717) is 17.3 Å². The Bertz CT molecular complexity index is 308. The highest BCUT2D eigenvalue weighted by atomic mass is 35.5. The van der Waals surface area contributed by atoms with Crippen molar-refractivity contribution in [1.29, 1.82) is 0 Å². The summed E-state index contributed by atoms with van der Waals surface area (Å²) in [6.07, 6.45) is 1.49. The van der Waals surface area contributed by atoms with Crippen LogP contribution in [0.25, 0.3) is 0 Å². The van der Waals surface area contributed by atoms with E-state index in [9.17, 15) is 4.79 Å². The summed E-state index contributed by atoms with van der Waals surface area (Å²) in [6.45, 7) is 2.85. The first-order valence-electron chi connectivity index (χ1n) is 4.09. The van der Waals surface area contributed by atoms with Crippen LogP contribution in [0, 0.1) is 0 Å². The Balaban J connectivity index is 2.96. The van der Waals surface area contributed by atoms with Crippen molar-refractivity contribution in [2.45, 2.75) is 13.5 Å². The van der Waals surface area contributed by atoms with Gasteiger partial charge in [-0.3, -0.25) is 9.48 Å². The maximum absolute atomic E-state index is 11.5. The van der Waals surface area contributed by atoms with Gasteiger partial charge in [0.25, 0.3) is 0 Å². The molecule has 1 N–H and O–H groups in total. The van der Waals surface area contributed by atoms with Crippen molar-refractivity contribution in [2.24, 2.45) is 0 Å². The molecule has 1 aromatic rings. The van der Waals surface area contributed by atoms with Gasteiger partial charge in [0.1, 0.15) is 5.69 Å². The zero-order valence-electron chi connectivity index (χ0n) is 7.67. The van der Waals surface area contributed by atoms with E-state index in [1.54, 1.807) is 11.7 Å². The van der Waals surface area contributed by atoms with Crippen LogP contribution in [0.1, 0.15) is 17.4 Å². The molecule has 0 atom stereocenters. The molecule has 1 aromatic heterocycles. The molecule has 0 saturated heterocycles. The van der Waals surface area contributed by atoms with Gasteiger partial charge in [-0.05, 0) is 14.0 Å². The largest absolute Gasteiger partial charge is 0.313 e. The number of halogens is 1. The second-order valence-corrected chi connectivity index (χ2v) is 3.02. The maximum Gasteiger partial charge on any atom is 0.196 e. The van der Waals surface area contributed by atoms with Gasteiger partial charge in [0.15, 0.2) is 5.78 Å². The number of aromatic nitrogens is 2. The standard InChI is InChI=1S/C8H12ClN3O/c1-3-12-8(6(9)4-11-12)7(13)5-10-2/h4,10H,3,5H2,1-2H3. The molecule has 5 heteroatoms. The lowest BCUT2D eigenvalue weighted by molar-refractivity contribution is 0.0983. The molecule has 0 aliphatic heterocycles. The van der Waals surface area contributed by atoms with Gasteiger partial charge >= 0.3 is 0 Å².